The topological polar surface area (TPSA) is 88.9 Å². The Kier molecular flexibility index (Phi) is 7.27. The Morgan fingerprint density at radius 3 is 2.52 bits per heavy atom. The van der Waals surface area contributed by atoms with Gasteiger partial charge in [-0.2, -0.15) is 4.31 Å². The van der Waals surface area contributed by atoms with Gasteiger partial charge in [0.25, 0.3) is 0 Å². The zero-order valence-corrected chi connectivity index (χ0v) is 19.4. The normalized spacial score (nSPS) is 15.4. The first-order valence-corrected chi connectivity index (χ1v) is 12.4. The Balaban J connectivity index is 1.29. The molecule has 0 atom stereocenters. The number of furan rings is 1. The highest BCUT2D eigenvalue weighted by Crippen LogP contribution is 2.25. The van der Waals surface area contributed by atoms with Crippen LogP contribution in [-0.2, 0) is 32.8 Å². The maximum Gasteiger partial charge on any atom is 0.243 e. The lowest BCUT2D eigenvalue weighted by atomic mass is 9.97. The number of benzene rings is 2. The molecule has 0 saturated carbocycles. The summed E-state index contributed by atoms with van der Waals surface area (Å²) in [5.41, 5.74) is 2.66. The number of piperidine rings is 1. The van der Waals surface area contributed by atoms with E-state index < -0.39 is 10.0 Å². The van der Waals surface area contributed by atoms with E-state index in [9.17, 15) is 13.2 Å². The number of aryl methyl sites for hydroxylation is 1. The van der Waals surface area contributed by atoms with Gasteiger partial charge in [-0.15, -0.1) is 0 Å². The molecular weight excluding hydrogens is 440 g/mol. The van der Waals surface area contributed by atoms with Gasteiger partial charge in [0, 0.05) is 24.7 Å². The minimum absolute atomic E-state index is 0.0870. The number of amides is 1. The number of sulfonamides is 1. The molecule has 1 fully saturated rings. The van der Waals surface area contributed by atoms with E-state index in [-0.39, 0.29) is 11.8 Å². The molecule has 0 unspecified atom stereocenters. The molecule has 0 spiro atoms. The highest BCUT2D eigenvalue weighted by molar-refractivity contribution is 7.89. The monoisotopic (exact) mass is 468 g/mol. The quantitative estimate of drug-likeness (QED) is 0.531. The number of anilines is 1. The minimum atomic E-state index is -3.54. The molecule has 2 aromatic carbocycles. The number of rotatable bonds is 8. The standard InChI is InChI=1S/C25H28N2O5S/c1-19-7-9-24(10-8-19)33(29,30)27-13-11-21(12-14-27)25(28)26-22-5-2-4-20(16-22)17-31-18-23-6-3-15-32-23/h2-10,15-16,21H,11-14,17-18H2,1H3,(H,26,28). The summed E-state index contributed by atoms with van der Waals surface area (Å²) in [5, 5.41) is 2.97. The summed E-state index contributed by atoms with van der Waals surface area (Å²) in [7, 11) is -3.54. The van der Waals surface area contributed by atoms with Gasteiger partial charge in [-0.05, 0) is 61.7 Å². The van der Waals surface area contributed by atoms with Crippen molar-refractivity contribution in [3.63, 3.8) is 0 Å². The Labute approximate surface area is 194 Å². The van der Waals surface area contributed by atoms with Crippen LogP contribution in [0.5, 0.6) is 0 Å². The smallest absolute Gasteiger partial charge is 0.243 e. The fraction of sp³-hybridized carbons (Fsp3) is 0.320. The van der Waals surface area contributed by atoms with Gasteiger partial charge >= 0.3 is 0 Å². The van der Waals surface area contributed by atoms with Gasteiger partial charge in [0.15, 0.2) is 0 Å². The molecule has 0 bridgehead atoms. The lowest BCUT2D eigenvalue weighted by Crippen LogP contribution is -2.41. The molecule has 1 aliphatic heterocycles. The van der Waals surface area contributed by atoms with Crippen molar-refractivity contribution in [2.24, 2.45) is 5.92 Å². The summed E-state index contributed by atoms with van der Waals surface area (Å²) in [5.74, 6) is 0.444. The van der Waals surface area contributed by atoms with E-state index in [1.54, 1.807) is 30.5 Å². The van der Waals surface area contributed by atoms with E-state index in [4.69, 9.17) is 9.15 Å². The summed E-state index contributed by atoms with van der Waals surface area (Å²) < 4.78 is 38.1. The SMILES string of the molecule is Cc1ccc(S(=O)(=O)N2CCC(C(=O)Nc3cccc(COCc4ccco4)c3)CC2)cc1. The van der Waals surface area contributed by atoms with Crippen LogP contribution >= 0.6 is 0 Å². The van der Waals surface area contributed by atoms with Gasteiger partial charge in [-0.3, -0.25) is 4.79 Å². The molecule has 0 aliphatic carbocycles. The molecule has 4 rings (SSSR count). The van der Waals surface area contributed by atoms with Crippen molar-refractivity contribution in [2.75, 3.05) is 18.4 Å². The predicted molar refractivity (Wildman–Crippen MR) is 125 cm³/mol. The lowest BCUT2D eigenvalue weighted by molar-refractivity contribution is -0.120. The van der Waals surface area contributed by atoms with Crippen molar-refractivity contribution in [1.29, 1.82) is 0 Å². The first kappa shape index (κ1) is 23.2. The summed E-state index contributed by atoms with van der Waals surface area (Å²) in [4.78, 5) is 13.1. The average Bonchev–Trinajstić information content (AvgIpc) is 3.33. The van der Waals surface area contributed by atoms with Crippen LogP contribution in [0.3, 0.4) is 0 Å². The van der Waals surface area contributed by atoms with Gasteiger partial charge in [0.2, 0.25) is 15.9 Å². The first-order valence-electron chi connectivity index (χ1n) is 11.0. The van der Waals surface area contributed by atoms with E-state index in [0.29, 0.717) is 49.7 Å². The first-order chi connectivity index (χ1) is 15.9. The zero-order valence-electron chi connectivity index (χ0n) is 18.6. The van der Waals surface area contributed by atoms with Crippen molar-refractivity contribution in [1.82, 2.24) is 4.31 Å². The molecule has 1 aromatic heterocycles. The molecule has 7 nitrogen and oxygen atoms in total. The Bertz CT molecular complexity index is 1170. The molecule has 1 amide bonds. The van der Waals surface area contributed by atoms with Crippen LogP contribution in [0.15, 0.2) is 76.2 Å². The number of nitrogens with one attached hydrogen (secondary N) is 1. The lowest BCUT2D eigenvalue weighted by Gasteiger charge is -2.30. The van der Waals surface area contributed by atoms with Crippen molar-refractivity contribution in [3.05, 3.63) is 83.8 Å². The van der Waals surface area contributed by atoms with E-state index in [0.717, 1.165) is 16.9 Å². The van der Waals surface area contributed by atoms with Gasteiger partial charge in [-0.25, -0.2) is 8.42 Å². The van der Waals surface area contributed by atoms with Crippen molar-refractivity contribution in [3.8, 4) is 0 Å². The molecule has 1 aliphatic rings. The Hall–Kier alpha value is -2.94. The Morgan fingerprint density at radius 2 is 1.82 bits per heavy atom. The summed E-state index contributed by atoms with van der Waals surface area (Å²) in [6, 6.07) is 18.1. The second-order valence-corrected chi connectivity index (χ2v) is 10.2. The maximum absolute atomic E-state index is 12.9. The zero-order chi connectivity index (χ0) is 23.3. The van der Waals surface area contributed by atoms with E-state index >= 15 is 0 Å². The molecule has 3 aromatic rings. The molecule has 0 radical (unpaired) electrons. The van der Waals surface area contributed by atoms with Gasteiger partial charge in [0.05, 0.1) is 17.8 Å². The van der Waals surface area contributed by atoms with E-state index in [1.807, 2.05) is 43.3 Å². The fourth-order valence-corrected chi connectivity index (χ4v) is 5.33. The summed E-state index contributed by atoms with van der Waals surface area (Å²) >= 11 is 0. The number of hydrogen-bond donors (Lipinski definition) is 1. The third-order valence-electron chi connectivity index (χ3n) is 5.77. The van der Waals surface area contributed by atoms with Crippen LogP contribution < -0.4 is 5.32 Å². The predicted octanol–water partition coefficient (Wildman–Crippen LogP) is 4.34. The van der Waals surface area contributed by atoms with Crippen LogP contribution in [0, 0.1) is 12.8 Å². The number of ether oxygens (including phenoxy) is 1. The van der Waals surface area contributed by atoms with Crippen molar-refractivity contribution in [2.45, 2.75) is 37.9 Å². The third kappa shape index (κ3) is 5.90. The largest absolute Gasteiger partial charge is 0.467 e. The summed E-state index contributed by atoms with van der Waals surface area (Å²) in [6.07, 6.45) is 2.59. The molecule has 174 valence electrons. The molecule has 1 saturated heterocycles. The van der Waals surface area contributed by atoms with E-state index in [1.165, 1.54) is 4.31 Å². The highest BCUT2D eigenvalue weighted by Gasteiger charge is 2.32. The fourth-order valence-electron chi connectivity index (χ4n) is 3.87. The molecular formula is C25H28N2O5S. The number of hydrogen-bond acceptors (Lipinski definition) is 5. The molecule has 2 heterocycles. The van der Waals surface area contributed by atoms with Crippen LogP contribution in [-0.4, -0.2) is 31.7 Å². The third-order valence-corrected chi connectivity index (χ3v) is 7.68. The van der Waals surface area contributed by atoms with Crippen LogP contribution in [0.4, 0.5) is 5.69 Å². The Morgan fingerprint density at radius 1 is 1.06 bits per heavy atom. The minimum Gasteiger partial charge on any atom is -0.467 e. The molecule has 33 heavy (non-hydrogen) atoms. The van der Waals surface area contributed by atoms with Crippen LogP contribution in [0.25, 0.3) is 0 Å². The van der Waals surface area contributed by atoms with Crippen molar-refractivity contribution < 1.29 is 22.4 Å². The van der Waals surface area contributed by atoms with Gasteiger partial charge < -0.3 is 14.5 Å². The number of carbonyl (C=O) groups excluding carboxylic acids is 1. The number of carbonyl (C=O) groups is 1. The maximum atomic E-state index is 12.9. The average molecular weight is 469 g/mol. The summed E-state index contributed by atoms with van der Waals surface area (Å²) in [6.45, 7) is 3.36. The second kappa shape index (κ2) is 10.3. The van der Waals surface area contributed by atoms with E-state index in [2.05, 4.69) is 5.32 Å². The molecule has 8 heteroatoms. The van der Waals surface area contributed by atoms with Gasteiger partial charge in [-0.1, -0.05) is 29.8 Å². The number of nitrogens with zero attached hydrogens (tertiary/aromatic N) is 1. The van der Waals surface area contributed by atoms with Crippen molar-refractivity contribution >= 4 is 21.6 Å². The molecule has 1 N–H and O–H groups in total. The van der Waals surface area contributed by atoms with Crippen LogP contribution in [0.2, 0.25) is 0 Å². The van der Waals surface area contributed by atoms with Crippen LogP contribution in [0.1, 0.15) is 29.7 Å². The van der Waals surface area contributed by atoms with Gasteiger partial charge in [0.1, 0.15) is 12.4 Å². The highest BCUT2D eigenvalue weighted by atomic mass is 32.2. The second-order valence-electron chi connectivity index (χ2n) is 8.25.